The smallest absolute Gasteiger partial charge is 0.211 e. The SMILES string of the molecule is CCC1(CNS(=O)(=O)c2ccc(F)cc2Br)CCCC1. The second-order valence-electron chi connectivity index (χ2n) is 5.46. The second kappa shape index (κ2) is 6.12. The van der Waals surface area contributed by atoms with E-state index in [1.165, 1.54) is 12.1 Å². The number of hydrogen-bond donors (Lipinski definition) is 1. The fourth-order valence-electron chi connectivity index (χ4n) is 2.80. The van der Waals surface area contributed by atoms with Crippen LogP contribution in [0.15, 0.2) is 27.6 Å². The molecule has 1 saturated carbocycles. The molecule has 0 heterocycles. The summed E-state index contributed by atoms with van der Waals surface area (Å²) >= 11 is 3.11. The van der Waals surface area contributed by atoms with Gasteiger partial charge in [-0.3, -0.25) is 0 Å². The number of benzene rings is 1. The molecule has 0 aromatic heterocycles. The standard InChI is InChI=1S/C14H19BrFNO2S/c1-2-14(7-3-4-8-14)10-17-20(18,19)13-6-5-11(16)9-12(13)15/h5-6,9,17H,2-4,7-8,10H2,1H3. The summed E-state index contributed by atoms with van der Waals surface area (Å²) in [5, 5.41) is 0. The molecule has 0 atom stereocenters. The van der Waals surface area contributed by atoms with E-state index >= 15 is 0 Å². The van der Waals surface area contributed by atoms with Crippen molar-refractivity contribution < 1.29 is 12.8 Å². The average Bonchev–Trinajstić information content (AvgIpc) is 2.85. The molecule has 1 aromatic rings. The van der Waals surface area contributed by atoms with Crippen molar-refractivity contribution in [1.29, 1.82) is 0 Å². The van der Waals surface area contributed by atoms with Crippen LogP contribution in [-0.4, -0.2) is 15.0 Å². The number of sulfonamides is 1. The van der Waals surface area contributed by atoms with E-state index in [1.807, 2.05) is 0 Å². The van der Waals surface area contributed by atoms with Crippen LogP contribution in [0, 0.1) is 11.2 Å². The van der Waals surface area contributed by atoms with Gasteiger partial charge in [0, 0.05) is 11.0 Å². The van der Waals surface area contributed by atoms with Gasteiger partial charge < -0.3 is 0 Å². The first-order valence-corrected chi connectivity index (χ1v) is 9.11. The fraction of sp³-hybridized carbons (Fsp3) is 0.571. The van der Waals surface area contributed by atoms with Crippen LogP contribution in [0.1, 0.15) is 39.0 Å². The van der Waals surface area contributed by atoms with Gasteiger partial charge in [-0.2, -0.15) is 0 Å². The first kappa shape index (κ1) is 15.9. The zero-order valence-corrected chi connectivity index (χ0v) is 13.9. The molecular weight excluding hydrogens is 345 g/mol. The Bertz CT molecular complexity index is 583. The summed E-state index contributed by atoms with van der Waals surface area (Å²) in [5.74, 6) is -0.461. The van der Waals surface area contributed by atoms with Gasteiger partial charge in [-0.05, 0) is 58.8 Å². The molecule has 1 aromatic carbocycles. The van der Waals surface area contributed by atoms with Gasteiger partial charge in [-0.25, -0.2) is 17.5 Å². The second-order valence-corrected chi connectivity index (χ2v) is 8.05. The van der Waals surface area contributed by atoms with Crippen molar-refractivity contribution in [3.63, 3.8) is 0 Å². The Balaban J connectivity index is 2.15. The maximum atomic E-state index is 13.0. The monoisotopic (exact) mass is 363 g/mol. The van der Waals surface area contributed by atoms with Crippen LogP contribution in [-0.2, 0) is 10.0 Å². The Labute approximate surface area is 128 Å². The lowest BCUT2D eigenvalue weighted by molar-refractivity contribution is 0.285. The van der Waals surface area contributed by atoms with Crippen LogP contribution < -0.4 is 4.72 Å². The van der Waals surface area contributed by atoms with Gasteiger partial charge in [0.2, 0.25) is 10.0 Å². The topological polar surface area (TPSA) is 46.2 Å². The number of halogens is 2. The third-order valence-electron chi connectivity index (χ3n) is 4.23. The first-order chi connectivity index (χ1) is 9.38. The Hall–Kier alpha value is -0.460. The molecule has 0 saturated heterocycles. The van der Waals surface area contributed by atoms with Crippen molar-refractivity contribution in [2.45, 2.75) is 43.9 Å². The molecule has 3 nitrogen and oxygen atoms in total. The van der Waals surface area contributed by atoms with E-state index in [-0.39, 0.29) is 14.8 Å². The molecule has 112 valence electrons. The molecule has 1 N–H and O–H groups in total. The molecule has 0 radical (unpaired) electrons. The Morgan fingerprint density at radius 1 is 1.35 bits per heavy atom. The first-order valence-electron chi connectivity index (χ1n) is 6.83. The van der Waals surface area contributed by atoms with Crippen molar-refractivity contribution in [2.24, 2.45) is 5.41 Å². The van der Waals surface area contributed by atoms with E-state index in [1.54, 1.807) is 0 Å². The quantitative estimate of drug-likeness (QED) is 0.863. The van der Waals surface area contributed by atoms with E-state index in [4.69, 9.17) is 0 Å². The van der Waals surface area contributed by atoms with Crippen molar-refractivity contribution in [3.8, 4) is 0 Å². The summed E-state index contributed by atoms with van der Waals surface area (Å²) in [6.07, 6.45) is 5.43. The average molecular weight is 364 g/mol. The zero-order chi connectivity index (χ0) is 14.8. The van der Waals surface area contributed by atoms with E-state index in [0.29, 0.717) is 6.54 Å². The number of rotatable bonds is 5. The predicted octanol–water partition coefficient (Wildman–Crippen LogP) is 3.84. The fourth-order valence-corrected chi connectivity index (χ4v) is 5.00. The highest BCUT2D eigenvalue weighted by Crippen LogP contribution is 2.40. The highest BCUT2D eigenvalue weighted by atomic mass is 79.9. The molecule has 0 spiro atoms. The lowest BCUT2D eigenvalue weighted by atomic mass is 9.84. The van der Waals surface area contributed by atoms with Crippen LogP contribution in [0.4, 0.5) is 4.39 Å². The van der Waals surface area contributed by atoms with Crippen molar-refractivity contribution in [1.82, 2.24) is 4.72 Å². The summed E-state index contributed by atoms with van der Waals surface area (Å²) in [5.41, 5.74) is 0.0829. The van der Waals surface area contributed by atoms with Gasteiger partial charge in [0.25, 0.3) is 0 Å². The molecule has 20 heavy (non-hydrogen) atoms. The summed E-state index contributed by atoms with van der Waals surface area (Å²) < 4.78 is 40.6. The maximum Gasteiger partial charge on any atom is 0.241 e. The van der Waals surface area contributed by atoms with E-state index in [9.17, 15) is 12.8 Å². The number of hydrogen-bond acceptors (Lipinski definition) is 2. The Morgan fingerprint density at radius 3 is 2.55 bits per heavy atom. The summed E-state index contributed by atoms with van der Waals surface area (Å²) in [4.78, 5) is 0.0862. The molecule has 0 amide bonds. The normalized spacial score (nSPS) is 18.4. The third kappa shape index (κ3) is 3.40. The van der Waals surface area contributed by atoms with Gasteiger partial charge in [-0.15, -0.1) is 0 Å². The minimum atomic E-state index is -3.61. The highest BCUT2D eigenvalue weighted by molar-refractivity contribution is 9.10. The molecular formula is C14H19BrFNO2S. The lowest BCUT2D eigenvalue weighted by Gasteiger charge is -2.27. The van der Waals surface area contributed by atoms with Crippen LogP contribution in [0.5, 0.6) is 0 Å². The van der Waals surface area contributed by atoms with E-state index < -0.39 is 15.8 Å². The molecule has 1 fully saturated rings. The van der Waals surface area contributed by atoms with Crippen molar-refractivity contribution >= 4 is 26.0 Å². The van der Waals surface area contributed by atoms with E-state index in [0.717, 1.165) is 38.2 Å². The molecule has 6 heteroatoms. The zero-order valence-electron chi connectivity index (χ0n) is 11.5. The maximum absolute atomic E-state index is 13.0. The molecule has 0 unspecified atom stereocenters. The molecule has 2 rings (SSSR count). The van der Waals surface area contributed by atoms with Gasteiger partial charge in [-0.1, -0.05) is 19.8 Å². The Kier molecular flexibility index (Phi) is 4.87. The molecule has 1 aliphatic rings. The summed E-state index contributed by atoms with van der Waals surface area (Å²) in [6, 6.07) is 3.61. The summed E-state index contributed by atoms with van der Waals surface area (Å²) in [6.45, 7) is 2.56. The molecule has 1 aliphatic carbocycles. The minimum Gasteiger partial charge on any atom is -0.211 e. The van der Waals surface area contributed by atoms with E-state index in [2.05, 4.69) is 27.6 Å². The van der Waals surface area contributed by atoms with Crippen molar-refractivity contribution in [2.75, 3.05) is 6.54 Å². The van der Waals surface area contributed by atoms with Gasteiger partial charge in [0.1, 0.15) is 5.82 Å². The lowest BCUT2D eigenvalue weighted by Crippen LogP contribution is -2.35. The molecule has 0 aliphatic heterocycles. The van der Waals surface area contributed by atoms with Crippen LogP contribution >= 0.6 is 15.9 Å². The van der Waals surface area contributed by atoms with Crippen LogP contribution in [0.2, 0.25) is 0 Å². The van der Waals surface area contributed by atoms with Gasteiger partial charge >= 0.3 is 0 Å². The van der Waals surface area contributed by atoms with Crippen molar-refractivity contribution in [3.05, 3.63) is 28.5 Å². The predicted molar refractivity (Wildman–Crippen MR) is 80.5 cm³/mol. The van der Waals surface area contributed by atoms with Gasteiger partial charge in [0.05, 0.1) is 4.90 Å². The number of nitrogens with one attached hydrogen (secondary N) is 1. The third-order valence-corrected chi connectivity index (χ3v) is 6.61. The van der Waals surface area contributed by atoms with Gasteiger partial charge in [0.15, 0.2) is 0 Å². The summed E-state index contributed by atoms with van der Waals surface area (Å²) in [7, 11) is -3.61. The highest BCUT2D eigenvalue weighted by Gasteiger charge is 2.33. The van der Waals surface area contributed by atoms with Crippen LogP contribution in [0.3, 0.4) is 0 Å². The largest absolute Gasteiger partial charge is 0.241 e. The molecule has 0 bridgehead atoms. The van der Waals surface area contributed by atoms with Crippen LogP contribution in [0.25, 0.3) is 0 Å². The minimum absolute atomic E-state index is 0.0829. The Morgan fingerprint density at radius 2 is 2.00 bits per heavy atom.